The summed E-state index contributed by atoms with van der Waals surface area (Å²) in [7, 11) is 0.632. The average molecular weight is 65.9 g/mol. The van der Waals surface area contributed by atoms with Gasteiger partial charge in [-0.1, -0.05) is 0 Å². The molecule has 0 aliphatic heterocycles. The molecule has 0 spiro atoms. The Morgan fingerprint density at radius 3 is 2.60 bits per heavy atom. The van der Waals surface area contributed by atoms with Crippen LogP contribution in [0.2, 0.25) is 0 Å². The first-order valence-electron chi connectivity index (χ1n) is 1.21. The fraction of sp³-hybridized carbons (Fsp3) is 0. The van der Waals surface area contributed by atoms with E-state index >= 15 is 0 Å². The van der Waals surface area contributed by atoms with Crippen molar-refractivity contribution >= 4 is 7.15 Å². The van der Waals surface area contributed by atoms with Gasteiger partial charge in [-0.3, -0.25) is 0 Å². The molecule has 0 bridgehead atoms. The van der Waals surface area contributed by atoms with Crippen LogP contribution in [0.3, 0.4) is 0 Å². The van der Waals surface area contributed by atoms with Gasteiger partial charge in [-0.05, 0) is 0 Å². The molecule has 0 aromatic rings. The minimum atomic E-state index is 0.632. The van der Waals surface area contributed by atoms with Gasteiger partial charge in [0.15, 0.2) is 0 Å². The van der Waals surface area contributed by atoms with Crippen molar-refractivity contribution in [2.24, 2.45) is 0 Å². The van der Waals surface area contributed by atoms with Crippen molar-refractivity contribution < 1.29 is 4.70 Å². The van der Waals surface area contributed by atoms with Crippen LogP contribution in [0.4, 0.5) is 0 Å². The van der Waals surface area contributed by atoms with Crippen molar-refractivity contribution in [3.8, 4) is 0 Å². The zero-order valence-corrected chi connectivity index (χ0v) is 2.77. The van der Waals surface area contributed by atoms with Gasteiger partial charge < -0.3 is 0 Å². The fourth-order valence-corrected chi connectivity index (χ4v) is 0.0481. The average Bonchev–Trinajstić information content (AvgIpc) is 1.41. The van der Waals surface area contributed by atoms with Crippen LogP contribution in [0.1, 0.15) is 0 Å². The minimum absolute atomic E-state index is 0.632. The van der Waals surface area contributed by atoms with Crippen LogP contribution < -0.4 is 0 Å². The summed E-state index contributed by atoms with van der Waals surface area (Å²) in [6, 6.07) is 0. The molecule has 1 nitrogen and oxygen atoms in total. The van der Waals surface area contributed by atoms with E-state index in [9.17, 15) is 4.70 Å². The molecule has 0 amide bonds. The van der Waals surface area contributed by atoms with E-state index in [0.29, 0.717) is 7.15 Å². The molecule has 0 N–H and O–H groups in total. The third-order valence-electron chi connectivity index (χ3n) is 0.186. The summed E-state index contributed by atoms with van der Waals surface area (Å²) < 4.78 is 9.25. The fourth-order valence-electron chi connectivity index (χ4n) is 0.0481. The van der Waals surface area contributed by atoms with Gasteiger partial charge in [0.2, 0.25) is 0 Å². The molecule has 0 saturated carbocycles. The van der Waals surface area contributed by atoms with Crippen LogP contribution in [-0.4, -0.2) is 7.15 Å². The SMILES string of the molecule is C=C=CB=O. The molecule has 2 heteroatoms. The molecule has 0 aliphatic rings. The van der Waals surface area contributed by atoms with Crippen LogP contribution >= 0.6 is 0 Å². The molecule has 0 rings (SSSR count). The Kier molecular flexibility index (Phi) is 2.97. The van der Waals surface area contributed by atoms with E-state index in [2.05, 4.69) is 12.3 Å². The second kappa shape index (κ2) is 3.38. The summed E-state index contributed by atoms with van der Waals surface area (Å²) in [5.41, 5.74) is 2.27. The van der Waals surface area contributed by atoms with Crippen LogP contribution in [0.25, 0.3) is 0 Å². The molecule has 0 aromatic heterocycles. The summed E-state index contributed by atoms with van der Waals surface area (Å²) in [4.78, 5) is 0. The summed E-state index contributed by atoms with van der Waals surface area (Å²) in [6.07, 6.45) is 0. The molecule has 0 unspecified atom stereocenters. The first kappa shape index (κ1) is 4.38. The van der Waals surface area contributed by atoms with Crippen LogP contribution in [0.15, 0.2) is 18.3 Å². The van der Waals surface area contributed by atoms with E-state index in [4.69, 9.17) is 0 Å². The molecule has 5 heavy (non-hydrogen) atoms. The Balaban J connectivity index is 3.31. The summed E-state index contributed by atoms with van der Waals surface area (Å²) in [6.45, 7) is 3.14. The Morgan fingerprint density at radius 2 is 2.60 bits per heavy atom. The predicted octanol–water partition coefficient (Wildman–Crippen LogP) is 0.335. The quantitative estimate of drug-likeness (QED) is 0.318. The first-order valence-corrected chi connectivity index (χ1v) is 1.21. The third-order valence-corrected chi connectivity index (χ3v) is 0.186. The van der Waals surface area contributed by atoms with Crippen molar-refractivity contribution in [1.29, 1.82) is 0 Å². The van der Waals surface area contributed by atoms with Crippen molar-refractivity contribution in [2.75, 3.05) is 0 Å². The van der Waals surface area contributed by atoms with Crippen molar-refractivity contribution in [2.45, 2.75) is 0 Å². The van der Waals surface area contributed by atoms with Gasteiger partial charge >= 0.3 is 30.1 Å². The first-order chi connectivity index (χ1) is 2.41. The Labute approximate surface area is 31.3 Å². The van der Waals surface area contributed by atoms with Crippen molar-refractivity contribution in [3.63, 3.8) is 0 Å². The molecule has 24 valence electrons. The van der Waals surface area contributed by atoms with Gasteiger partial charge in [0.05, 0.1) is 0 Å². The van der Waals surface area contributed by atoms with E-state index in [1.54, 1.807) is 0 Å². The monoisotopic (exact) mass is 66.0 g/mol. The second-order valence-electron chi connectivity index (χ2n) is 0.507. The Hall–Kier alpha value is -0.615. The molecule has 0 aromatic carbocycles. The van der Waals surface area contributed by atoms with Crippen molar-refractivity contribution in [3.05, 3.63) is 18.3 Å². The summed E-state index contributed by atoms with van der Waals surface area (Å²) in [5, 5.41) is 0. The second-order valence-corrected chi connectivity index (χ2v) is 0.507. The normalized spacial score (nSPS) is 4.00. The number of hydrogen-bond donors (Lipinski definition) is 0. The molecular weight excluding hydrogens is 62.8 g/mol. The number of hydrogen-bond acceptors (Lipinski definition) is 1. The van der Waals surface area contributed by atoms with E-state index in [-0.39, 0.29) is 0 Å². The third kappa shape index (κ3) is 3.38. The maximum absolute atomic E-state index is 9.25. The topological polar surface area (TPSA) is 17.1 Å². The van der Waals surface area contributed by atoms with Gasteiger partial charge in [-0.15, -0.1) is 0 Å². The molecule has 0 fully saturated rings. The molecular formula is C3H3BO. The molecule has 0 heterocycles. The Bertz CT molecular complexity index is 71.0. The van der Waals surface area contributed by atoms with Gasteiger partial charge in [-0.25, -0.2) is 0 Å². The van der Waals surface area contributed by atoms with E-state index < -0.39 is 0 Å². The van der Waals surface area contributed by atoms with Crippen molar-refractivity contribution in [1.82, 2.24) is 0 Å². The Morgan fingerprint density at radius 1 is 2.00 bits per heavy atom. The molecule has 0 atom stereocenters. The van der Waals surface area contributed by atoms with Gasteiger partial charge in [0.25, 0.3) is 0 Å². The standard InChI is InChI=1S/C3H3BO/c1-2-3-4-5/h3H,1H2. The van der Waals surface area contributed by atoms with Crippen LogP contribution in [0, 0.1) is 0 Å². The molecule has 0 saturated heterocycles. The molecule has 0 radical (unpaired) electrons. The maximum atomic E-state index is 9.25. The predicted molar refractivity (Wildman–Crippen MR) is 20.2 cm³/mol. The molecule has 0 aliphatic carbocycles. The van der Waals surface area contributed by atoms with Crippen LogP contribution in [0.5, 0.6) is 0 Å². The zero-order chi connectivity index (χ0) is 4.12. The number of rotatable bonds is 1. The van der Waals surface area contributed by atoms with E-state index in [1.165, 1.54) is 5.98 Å². The van der Waals surface area contributed by atoms with Gasteiger partial charge in [0, 0.05) is 0 Å². The van der Waals surface area contributed by atoms with Gasteiger partial charge in [-0.2, -0.15) is 0 Å². The summed E-state index contributed by atoms with van der Waals surface area (Å²) >= 11 is 0. The zero-order valence-electron chi connectivity index (χ0n) is 2.77. The van der Waals surface area contributed by atoms with Gasteiger partial charge in [0.1, 0.15) is 0 Å². The van der Waals surface area contributed by atoms with Crippen LogP contribution in [-0.2, 0) is 4.70 Å². The summed E-state index contributed by atoms with van der Waals surface area (Å²) in [5.74, 6) is 1.21. The van der Waals surface area contributed by atoms with E-state index in [1.807, 2.05) is 0 Å². The van der Waals surface area contributed by atoms with E-state index in [0.717, 1.165) is 0 Å².